The molecule has 0 aromatic heterocycles. The number of ether oxygens (including phenoxy) is 2. The summed E-state index contributed by atoms with van der Waals surface area (Å²) in [7, 11) is 0. The van der Waals surface area contributed by atoms with Gasteiger partial charge in [-0.3, -0.25) is 9.59 Å². The molecule has 0 radical (unpaired) electrons. The molecule has 19 heavy (non-hydrogen) atoms. The number of ketones is 1. The molecule has 0 saturated heterocycles. The van der Waals surface area contributed by atoms with Gasteiger partial charge < -0.3 is 9.47 Å². The third-order valence-corrected chi connectivity index (χ3v) is 1.32. The van der Waals surface area contributed by atoms with Crippen LogP contribution in [0, 0.1) is 0 Å². The second-order valence-corrected chi connectivity index (χ2v) is 3.02. The van der Waals surface area contributed by atoms with Gasteiger partial charge in [0.25, 0.3) is 0 Å². The third kappa shape index (κ3) is 20.7. The quantitative estimate of drug-likeness (QED) is 0.226. The monoisotopic (exact) mass is 534 g/mol. The van der Waals surface area contributed by atoms with E-state index < -0.39 is 11.9 Å². The van der Waals surface area contributed by atoms with Crippen LogP contribution in [0.15, 0.2) is 12.2 Å². The van der Waals surface area contributed by atoms with Crippen LogP contribution in [0.1, 0.15) is 20.3 Å². The first-order valence-corrected chi connectivity index (χ1v) is 4.41. The highest BCUT2D eigenvalue weighted by Gasteiger charge is 2.07. The zero-order chi connectivity index (χ0) is 11.8. The van der Waals surface area contributed by atoms with Gasteiger partial charge in [0.05, 0.1) is 0 Å². The van der Waals surface area contributed by atoms with Crippen LogP contribution in [0.4, 0.5) is 0 Å². The van der Waals surface area contributed by atoms with Gasteiger partial charge in [0.15, 0.2) is 0 Å². The molecular weight excluding hydrogens is 520 g/mol. The molecule has 0 spiro atoms. The van der Waals surface area contributed by atoms with E-state index >= 15 is 0 Å². The number of Topliss-reactive ketones (excluding diaryl/α,β-unsaturated/α-hetero) is 1. The van der Waals surface area contributed by atoms with Gasteiger partial charge in [0.2, 0.25) is 0 Å². The molecule has 0 aliphatic carbocycles. The van der Waals surface area contributed by atoms with Crippen molar-refractivity contribution in [3.63, 3.8) is 0 Å². The lowest BCUT2D eigenvalue weighted by molar-refractivity contribution is -0.151. The molecule has 0 unspecified atom stereocenters. The van der Waals surface area contributed by atoms with Crippen molar-refractivity contribution < 1.29 is 23.9 Å². The van der Waals surface area contributed by atoms with E-state index in [-0.39, 0.29) is 98.9 Å². The predicted molar refractivity (Wildman–Crippen MR) is 93.3 cm³/mol. The smallest absolute Gasteiger partial charge is 0.333 e. The maximum Gasteiger partial charge on any atom is 0.333 e. The van der Waals surface area contributed by atoms with Crippen LogP contribution in [0.2, 0.25) is 0 Å². The van der Waals surface area contributed by atoms with E-state index in [1.165, 1.54) is 13.8 Å². The van der Waals surface area contributed by atoms with E-state index in [1.807, 2.05) is 0 Å². The summed E-state index contributed by atoms with van der Waals surface area (Å²) >= 11 is 0. The molecule has 0 rings (SSSR count). The van der Waals surface area contributed by atoms with E-state index in [1.54, 1.807) is 0 Å². The van der Waals surface area contributed by atoms with Crippen LogP contribution in [-0.2, 0) is 23.9 Å². The van der Waals surface area contributed by atoms with Crippen molar-refractivity contribution in [2.24, 2.45) is 0 Å². The molecule has 0 fully saturated rings. The van der Waals surface area contributed by atoms with Crippen LogP contribution in [0.3, 0.4) is 0 Å². The Balaban J connectivity index is -0.000000163. The van der Waals surface area contributed by atoms with Crippen LogP contribution >= 0.6 is 67.9 Å². The molecule has 0 bridgehead atoms. The number of hydrogen-bond acceptors (Lipinski definition) is 5. The van der Waals surface area contributed by atoms with Gasteiger partial charge in [-0.1, -0.05) is 6.58 Å². The average molecular weight is 538 g/mol. The topological polar surface area (TPSA) is 69.7 Å². The zero-order valence-electron chi connectivity index (χ0n) is 10.5. The van der Waals surface area contributed by atoms with Crippen molar-refractivity contribution in [3.05, 3.63) is 12.2 Å². The first-order chi connectivity index (χ1) is 6.93. The summed E-state index contributed by atoms with van der Waals surface area (Å²) in [6, 6.07) is 0. The van der Waals surface area contributed by atoms with Gasteiger partial charge in [-0.25, -0.2) is 4.79 Å². The molecule has 5 nitrogen and oxygen atoms in total. The molecule has 0 amide bonds. The normalized spacial score (nSPS) is 7.26. The number of halogens is 4. The summed E-state index contributed by atoms with van der Waals surface area (Å²) in [5.41, 5.74) is 0.282. The fraction of sp³-hybridized carbons (Fsp3) is 0.500. The number of esters is 2. The molecule has 0 aromatic rings. The molecule has 0 N–H and O–H groups in total. The SMILES string of the molecule is Br.Br.Br.Br.C=C(C)C(=O)OCCOC(=O)CC(C)=O. The van der Waals surface area contributed by atoms with Gasteiger partial charge in [-0.05, 0) is 13.8 Å². The molecule has 0 aliphatic rings. The van der Waals surface area contributed by atoms with E-state index in [9.17, 15) is 14.4 Å². The highest BCUT2D eigenvalue weighted by Crippen LogP contribution is 1.93. The fourth-order valence-corrected chi connectivity index (χ4v) is 0.667. The van der Waals surface area contributed by atoms with Crippen LogP contribution in [-0.4, -0.2) is 30.9 Å². The van der Waals surface area contributed by atoms with Crippen molar-refractivity contribution in [1.82, 2.24) is 0 Å². The van der Waals surface area contributed by atoms with Gasteiger partial charge in [-0.15, -0.1) is 67.9 Å². The van der Waals surface area contributed by atoms with E-state index in [0.717, 1.165) is 0 Å². The molecule has 0 aromatic carbocycles. The van der Waals surface area contributed by atoms with Crippen LogP contribution < -0.4 is 0 Å². The third-order valence-electron chi connectivity index (χ3n) is 1.32. The van der Waals surface area contributed by atoms with E-state index in [2.05, 4.69) is 16.1 Å². The van der Waals surface area contributed by atoms with E-state index in [0.29, 0.717) is 0 Å². The fourth-order valence-electron chi connectivity index (χ4n) is 0.667. The Morgan fingerprint density at radius 3 is 1.68 bits per heavy atom. The van der Waals surface area contributed by atoms with Gasteiger partial charge in [-0.2, -0.15) is 0 Å². The number of carbonyl (C=O) groups excluding carboxylic acids is 3. The van der Waals surface area contributed by atoms with Crippen molar-refractivity contribution >= 4 is 85.6 Å². The van der Waals surface area contributed by atoms with Crippen molar-refractivity contribution in [3.8, 4) is 0 Å². The summed E-state index contributed by atoms with van der Waals surface area (Å²) in [6.07, 6.45) is -0.256. The second kappa shape index (κ2) is 18.3. The Hall–Kier alpha value is 0.270. The Labute approximate surface area is 154 Å². The Bertz CT molecular complexity index is 294. The van der Waals surface area contributed by atoms with E-state index in [4.69, 9.17) is 0 Å². The largest absolute Gasteiger partial charge is 0.462 e. The lowest BCUT2D eigenvalue weighted by atomic mass is 10.3. The summed E-state index contributed by atoms with van der Waals surface area (Å²) in [4.78, 5) is 32.2. The minimum atomic E-state index is -0.617. The average Bonchev–Trinajstić information content (AvgIpc) is 2.10. The number of carbonyl (C=O) groups is 3. The lowest BCUT2D eigenvalue weighted by Crippen LogP contribution is -2.15. The summed E-state index contributed by atoms with van der Waals surface area (Å²) in [5, 5.41) is 0. The maximum absolute atomic E-state index is 10.8. The molecule has 0 saturated carbocycles. The minimum absolute atomic E-state index is 0. The molecule has 0 atom stereocenters. The lowest BCUT2D eigenvalue weighted by Gasteiger charge is -2.05. The molecule has 0 aliphatic heterocycles. The summed E-state index contributed by atoms with van der Waals surface area (Å²) in [6.45, 7) is 6.11. The molecule has 0 heterocycles. The zero-order valence-corrected chi connectivity index (χ0v) is 17.4. The van der Waals surface area contributed by atoms with Crippen LogP contribution in [0.5, 0.6) is 0 Å². The first kappa shape index (κ1) is 31.6. The molecule has 116 valence electrons. The Morgan fingerprint density at radius 2 is 1.32 bits per heavy atom. The molecule has 9 heteroatoms. The van der Waals surface area contributed by atoms with Gasteiger partial charge in [0.1, 0.15) is 25.4 Å². The second-order valence-electron chi connectivity index (χ2n) is 3.02. The van der Waals surface area contributed by atoms with Gasteiger partial charge in [0, 0.05) is 5.57 Å². The highest BCUT2D eigenvalue weighted by molar-refractivity contribution is 8.93. The minimum Gasteiger partial charge on any atom is -0.462 e. The van der Waals surface area contributed by atoms with Crippen molar-refractivity contribution in [2.75, 3.05) is 13.2 Å². The summed E-state index contributed by atoms with van der Waals surface area (Å²) < 4.78 is 9.27. The highest BCUT2D eigenvalue weighted by atomic mass is 79.9. The Kier molecular flexibility index (Phi) is 30.4. The van der Waals surface area contributed by atoms with Crippen molar-refractivity contribution in [2.45, 2.75) is 20.3 Å². The Morgan fingerprint density at radius 1 is 0.895 bits per heavy atom. The first-order valence-electron chi connectivity index (χ1n) is 4.41. The van der Waals surface area contributed by atoms with Crippen molar-refractivity contribution in [1.29, 1.82) is 0 Å². The number of hydrogen-bond donors (Lipinski definition) is 0. The number of rotatable bonds is 6. The summed E-state index contributed by atoms with van der Waals surface area (Å²) in [5.74, 6) is -1.41. The predicted octanol–water partition coefficient (Wildman–Crippen LogP) is 2.94. The maximum atomic E-state index is 10.8. The van der Waals surface area contributed by atoms with Gasteiger partial charge >= 0.3 is 11.9 Å². The molecular formula is C10H18Br4O5. The van der Waals surface area contributed by atoms with Crippen LogP contribution in [0.25, 0.3) is 0 Å². The standard InChI is InChI=1S/C10H14O5.4BrH/c1-7(2)10(13)15-5-4-14-9(12)6-8(3)11;;;;/h1,4-6H2,2-3H3;4*1H.